The SMILES string of the molecule is CCn1cc(/C=C/c2nc(-c3cc(Cl)ccc3OC)no2)cn1. The van der Waals surface area contributed by atoms with Crippen molar-refractivity contribution in [2.24, 2.45) is 0 Å². The minimum absolute atomic E-state index is 0.395. The Kier molecular flexibility index (Phi) is 4.43. The molecule has 3 rings (SSSR count). The first-order valence-corrected chi connectivity index (χ1v) is 7.45. The zero-order valence-corrected chi connectivity index (χ0v) is 13.5. The number of hydrogen-bond acceptors (Lipinski definition) is 5. The predicted octanol–water partition coefficient (Wildman–Crippen LogP) is 3.79. The fourth-order valence-electron chi connectivity index (χ4n) is 2.07. The van der Waals surface area contributed by atoms with Crippen LogP contribution in [0.25, 0.3) is 23.5 Å². The molecule has 6 nitrogen and oxygen atoms in total. The highest BCUT2D eigenvalue weighted by molar-refractivity contribution is 6.30. The molecule has 0 bridgehead atoms. The average Bonchev–Trinajstić information content (AvgIpc) is 3.22. The molecule has 0 saturated carbocycles. The van der Waals surface area contributed by atoms with Gasteiger partial charge in [-0.15, -0.1) is 0 Å². The van der Waals surface area contributed by atoms with Gasteiger partial charge >= 0.3 is 0 Å². The second-order valence-corrected chi connectivity index (χ2v) is 5.20. The molecular formula is C16H15ClN4O2. The second-order valence-electron chi connectivity index (χ2n) is 4.76. The van der Waals surface area contributed by atoms with E-state index in [-0.39, 0.29) is 0 Å². The van der Waals surface area contributed by atoms with Crippen molar-refractivity contribution in [3.63, 3.8) is 0 Å². The lowest BCUT2D eigenvalue weighted by molar-refractivity contribution is 0.406. The van der Waals surface area contributed by atoms with Gasteiger partial charge in [-0.1, -0.05) is 16.8 Å². The molecular weight excluding hydrogens is 316 g/mol. The van der Waals surface area contributed by atoms with Crippen LogP contribution in [0, 0.1) is 0 Å². The first-order chi connectivity index (χ1) is 11.2. The molecule has 0 aliphatic rings. The zero-order valence-electron chi connectivity index (χ0n) is 12.7. The summed E-state index contributed by atoms with van der Waals surface area (Å²) < 4.78 is 12.4. The summed E-state index contributed by atoms with van der Waals surface area (Å²) in [5, 5.41) is 8.75. The number of hydrogen-bond donors (Lipinski definition) is 0. The van der Waals surface area contributed by atoms with E-state index in [1.807, 2.05) is 23.9 Å². The van der Waals surface area contributed by atoms with Crippen LogP contribution in [0.5, 0.6) is 5.75 Å². The third-order valence-electron chi connectivity index (χ3n) is 3.24. The topological polar surface area (TPSA) is 66.0 Å². The van der Waals surface area contributed by atoms with Crippen molar-refractivity contribution in [1.29, 1.82) is 0 Å². The van der Waals surface area contributed by atoms with Gasteiger partial charge in [-0.05, 0) is 31.2 Å². The van der Waals surface area contributed by atoms with Gasteiger partial charge in [-0.3, -0.25) is 4.68 Å². The Bertz CT molecular complexity index is 838. The van der Waals surface area contributed by atoms with Crippen molar-refractivity contribution in [3.8, 4) is 17.1 Å². The number of aromatic nitrogens is 4. The maximum atomic E-state index is 6.02. The van der Waals surface area contributed by atoms with E-state index in [0.717, 1.165) is 12.1 Å². The lowest BCUT2D eigenvalue weighted by Gasteiger charge is -2.04. The second kappa shape index (κ2) is 6.66. The number of rotatable bonds is 5. The average molecular weight is 331 g/mol. The number of halogens is 1. The van der Waals surface area contributed by atoms with E-state index >= 15 is 0 Å². The molecule has 3 aromatic rings. The maximum absolute atomic E-state index is 6.02. The molecule has 0 spiro atoms. The highest BCUT2D eigenvalue weighted by Gasteiger charge is 2.13. The zero-order chi connectivity index (χ0) is 16.2. The van der Waals surface area contributed by atoms with Crippen LogP contribution in [0.3, 0.4) is 0 Å². The van der Waals surface area contributed by atoms with Gasteiger partial charge in [0, 0.05) is 29.4 Å². The van der Waals surface area contributed by atoms with Gasteiger partial charge in [0.1, 0.15) is 5.75 Å². The van der Waals surface area contributed by atoms with Crippen molar-refractivity contribution >= 4 is 23.8 Å². The van der Waals surface area contributed by atoms with Gasteiger partial charge in [-0.2, -0.15) is 10.1 Å². The monoisotopic (exact) mass is 330 g/mol. The molecule has 0 radical (unpaired) electrons. The third kappa shape index (κ3) is 3.43. The number of methoxy groups -OCH3 is 1. The minimum atomic E-state index is 0.395. The van der Waals surface area contributed by atoms with E-state index in [1.165, 1.54) is 0 Å². The van der Waals surface area contributed by atoms with Crippen LogP contribution < -0.4 is 4.74 Å². The Morgan fingerprint density at radius 3 is 2.96 bits per heavy atom. The molecule has 23 heavy (non-hydrogen) atoms. The molecule has 7 heteroatoms. The van der Waals surface area contributed by atoms with Gasteiger partial charge in [0.25, 0.3) is 5.89 Å². The van der Waals surface area contributed by atoms with Gasteiger partial charge in [0.15, 0.2) is 0 Å². The van der Waals surface area contributed by atoms with Gasteiger partial charge in [0.05, 0.1) is 18.9 Å². The highest BCUT2D eigenvalue weighted by atomic mass is 35.5. The lowest BCUT2D eigenvalue weighted by Crippen LogP contribution is -1.91. The van der Waals surface area contributed by atoms with Gasteiger partial charge < -0.3 is 9.26 Å². The molecule has 0 aliphatic heterocycles. The molecule has 0 saturated heterocycles. The Balaban J connectivity index is 1.84. The van der Waals surface area contributed by atoms with E-state index in [1.54, 1.807) is 37.6 Å². The number of nitrogens with zero attached hydrogens (tertiary/aromatic N) is 4. The summed E-state index contributed by atoms with van der Waals surface area (Å²) in [6, 6.07) is 5.25. The summed E-state index contributed by atoms with van der Waals surface area (Å²) in [4.78, 5) is 4.34. The van der Waals surface area contributed by atoms with Crippen molar-refractivity contribution in [2.45, 2.75) is 13.5 Å². The van der Waals surface area contributed by atoms with Crippen molar-refractivity contribution < 1.29 is 9.26 Å². The molecule has 2 aromatic heterocycles. The molecule has 0 unspecified atom stereocenters. The van der Waals surface area contributed by atoms with Crippen LogP contribution in [0.2, 0.25) is 5.02 Å². The molecule has 2 heterocycles. The number of benzene rings is 1. The summed E-state index contributed by atoms with van der Waals surface area (Å²) in [5.74, 6) is 1.45. The smallest absolute Gasteiger partial charge is 0.250 e. The van der Waals surface area contributed by atoms with Crippen molar-refractivity contribution in [2.75, 3.05) is 7.11 Å². The fourth-order valence-corrected chi connectivity index (χ4v) is 2.25. The highest BCUT2D eigenvalue weighted by Crippen LogP contribution is 2.30. The quantitative estimate of drug-likeness (QED) is 0.712. The van der Waals surface area contributed by atoms with Crippen LogP contribution in [0.1, 0.15) is 18.4 Å². The molecule has 0 N–H and O–H groups in total. The van der Waals surface area contributed by atoms with E-state index < -0.39 is 0 Å². The summed E-state index contributed by atoms with van der Waals surface area (Å²) in [7, 11) is 1.58. The first-order valence-electron chi connectivity index (χ1n) is 7.07. The summed E-state index contributed by atoms with van der Waals surface area (Å²) >= 11 is 6.02. The molecule has 118 valence electrons. The normalized spacial score (nSPS) is 11.3. The summed E-state index contributed by atoms with van der Waals surface area (Å²) in [6.45, 7) is 2.86. The van der Waals surface area contributed by atoms with E-state index in [0.29, 0.717) is 28.1 Å². The van der Waals surface area contributed by atoms with Crippen molar-refractivity contribution in [3.05, 3.63) is 47.1 Å². The largest absolute Gasteiger partial charge is 0.496 e. The third-order valence-corrected chi connectivity index (χ3v) is 3.47. The Morgan fingerprint density at radius 1 is 1.35 bits per heavy atom. The Hall–Kier alpha value is -2.60. The minimum Gasteiger partial charge on any atom is -0.496 e. The summed E-state index contributed by atoms with van der Waals surface area (Å²) in [6.07, 6.45) is 7.32. The Morgan fingerprint density at radius 2 is 2.22 bits per heavy atom. The molecule has 0 atom stereocenters. The summed E-state index contributed by atoms with van der Waals surface area (Å²) in [5.41, 5.74) is 1.65. The molecule has 1 aromatic carbocycles. The lowest BCUT2D eigenvalue weighted by atomic mass is 10.2. The van der Waals surface area contributed by atoms with Gasteiger partial charge in [-0.25, -0.2) is 0 Å². The van der Waals surface area contributed by atoms with Crippen molar-refractivity contribution in [1.82, 2.24) is 19.9 Å². The van der Waals surface area contributed by atoms with E-state index in [2.05, 4.69) is 15.2 Å². The van der Waals surface area contributed by atoms with Crippen LogP contribution in [0.15, 0.2) is 35.1 Å². The predicted molar refractivity (Wildman–Crippen MR) is 88.1 cm³/mol. The van der Waals surface area contributed by atoms with E-state index in [9.17, 15) is 0 Å². The van der Waals surface area contributed by atoms with E-state index in [4.69, 9.17) is 20.9 Å². The van der Waals surface area contributed by atoms with Crippen LogP contribution in [0.4, 0.5) is 0 Å². The maximum Gasteiger partial charge on any atom is 0.250 e. The molecule has 0 amide bonds. The molecule has 0 aliphatic carbocycles. The molecule has 0 fully saturated rings. The van der Waals surface area contributed by atoms with Gasteiger partial charge in [0.2, 0.25) is 5.82 Å². The first kappa shape index (κ1) is 15.3. The number of aryl methyl sites for hydroxylation is 1. The standard InChI is InChI=1S/C16H15ClN4O2/c1-3-21-10-11(9-18-21)4-7-15-19-16(20-23-15)13-8-12(17)5-6-14(13)22-2/h4-10H,3H2,1-2H3/b7-4+. The van der Waals surface area contributed by atoms with Crippen LogP contribution in [-0.2, 0) is 6.54 Å². The van der Waals surface area contributed by atoms with Crippen LogP contribution in [-0.4, -0.2) is 27.0 Å². The van der Waals surface area contributed by atoms with Crippen LogP contribution >= 0.6 is 11.6 Å². The fraction of sp³-hybridized carbons (Fsp3) is 0.188. The Labute approximate surface area is 138 Å². The number of ether oxygens (including phenoxy) is 1.